The molecular weight excluding hydrogens is 220 g/mol. The number of hydrogen-bond donors (Lipinski definition) is 0. The van der Waals surface area contributed by atoms with Crippen molar-refractivity contribution in [2.45, 2.75) is 70.8 Å². The molecule has 0 unspecified atom stereocenters. The summed E-state index contributed by atoms with van der Waals surface area (Å²) in [6.07, 6.45) is 17.8. The Hall–Kier alpha value is -0.300. The molecule has 0 aliphatic heterocycles. The summed E-state index contributed by atoms with van der Waals surface area (Å²) >= 11 is 0. The fourth-order valence-electron chi connectivity index (χ4n) is 3.93. The summed E-state index contributed by atoms with van der Waals surface area (Å²) in [5.41, 5.74) is 0. The number of methoxy groups -OCH3 is 1. The van der Waals surface area contributed by atoms with Gasteiger partial charge in [0.05, 0.1) is 6.10 Å². The Labute approximate surface area is 113 Å². The van der Waals surface area contributed by atoms with Gasteiger partial charge in [0.15, 0.2) is 0 Å². The quantitative estimate of drug-likeness (QED) is 0.640. The Morgan fingerprint density at radius 3 is 1.94 bits per heavy atom. The van der Waals surface area contributed by atoms with E-state index >= 15 is 0 Å². The van der Waals surface area contributed by atoms with Gasteiger partial charge in [-0.2, -0.15) is 0 Å². The van der Waals surface area contributed by atoms with Gasteiger partial charge in [0.1, 0.15) is 0 Å². The van der Waals surface area contributed by atoms with E-state index in [-0.39, 0.29) is 0 Å². The molecule has 0 aromatic rings. The molecule has 2 aliphatic rings. The van der Waals surface area contributed by atoms with Gasteiger partial charge in [-0.15, -0.1) is 0 Å². The van der Waals surface area contributed by atoms with E-state index in [9.17, 15) is 0 Å². The summed E-state index contributed by atoms with van der Waals surface area (Å²) in [5.74, 6) is 2.91. The van der Waals surface area contributed by atoms with Crippen LogP contribution < -0.4 is 0 Å². The highest BCUT2D eigenvalue weighted by atomic mass is 16.5. The van der Waals surface area contributed by atoms with E-state index in [1.807, 2.05) is 7.11 Å². The van der Waals surface area contributed by atoms with Crippen LogP contribution in [0.4, 0.5) is 0 Å². The van der Waals surface area contributed by atoms with Gasteiger partial charge >= 0.3 is 0 Å². The zero-order valence-corrected chi connectivity index (χ0v) is 12.2. The fourth-order valence-corrected chi connectivity index (χ4v) is 3.93. The standard InChI is InChI=1S/C17H30O/c1-3-4-5-14-6-8-15(9-7-14)16-10-12-17(18-2)13-11-16/h4-5,14-17H,3,6-13H2,1-2H3/b5-4+/t14-,15-,16-,17-. The van der Waals surface area contributed by atoms with Crippen molar-refractivity contribution in [3.8, 4) is 0 Å². The van der Waals surface area contributed by atoms with Crippen LogP contribution in [-0.2, 0) is 4.74 Å². The maximum absolute atomic E-state index is 5.48. The van der Waals surface area contributed by atoms with E-state index in [1.165, 1.54) is 57.8 Å². The molecule has 0 aromatic heterocycles. The van der Waals surface area contributed by atoms with Crippen LogP contribution >= 0.6 is 0 Å². The van der Waals surface area contributed by atoms with E-state index < -0.39 is 0 Å². The van der Waals surface area contributed by atoms with E-state index in [2.05, 4.69) is 19.1 Å². The van der Waals surface area contributed by atoms with Gasteiger partial charge in [0, 0.05) is 7.11 Å². The third kappa shape index (κ3) is 3.85. The van der Waals surface area contributed by atoms with Crippen LogP contribution in [0.1, 0.15) is 64.7 Å². The predicted molar refractivity (Wildman–Crippen MR) is 77.6 cm³/mol. The molecule has 1 heteroatoms. The number of hydrogen-bond acceptors (Lipinski definition) is 1. The SMILES string of the molecule is CC/C=C/[C@H]1CC[C@H]([C@H]2CC[C@H](OC)CC2)CC1. The van der Waals surface area contributed by atoms with Gasteiger partial charge in [-0.3, -0.25) is 0 Å². The first kappa shape index (κ1) is 14.1. The maximum atomic E-state index is 5.48. The molecule has 104 valence electrons. The molecule has 0 bridgehead atoms. The van der Waals surface area contributed by atoms with Crippen molar-refractivity contribution in [3.63, 3.8) is 0 Å². The summed E-state index contributed by atoms with van der Waals surface area (Å²) in [5, 5.41) is 0. The normalized spacial score (nSPS) is 38.1. The van der Waals surface area contributed by atoms with Gasteiger partial charge in [0.2, 0.25) is 0 Å². The van der Waals surface area contributed by atoms with Crippen molar-refractivity contribution in [2.75, 3.05) is 7.11 Å². The molecule has 2 fully saturated rings. The molecule has 2 saturated carbocycles. The van der Waals surface area contributed by atoms with E-state index in [4.69, 9.17) is 4.74 Å². The minimum Gasteiger partial charge on any atom is -0.381 e. The van der Waals surface area contributed by atoms with Gasteiger partial charge in [-0.1, -0.05) is 19.1 Å². The smallest absolute Gasteiger partial charge is 0.0571 e. The zero-order valence-electron chi connectivity index (χ0n) is 12.2. The number of ether oxygens (including phenoxy) is 1. The first-order valence-corrected chi connectivity index (χ1v) is 8.03. The molecule has 1 nitrogen and oxygen atoms in total. The topological polar surface area (TPSA) is 9.23 Å². The van der Waals surface area contributed by atoms with Gasteiger partial charge in [-0.25, -0.2) is 0 Å². The lowest BCUT2D eigenvalue weighted by atomic mass is 9.70. The van der Waals surface area contributed by atoms with Crippen LogP contribution in [0.25, 0.3) is 0 Å². The Bertz CT molecular complexity index is 242. The highest BCUT2D eigenvalue weighted by Crippen LogP contribution is 2.40. The minimum atomic E-state index is 0.560. The molecule has 0 aromatic carbocycles. The summed E-state index contributed by atoms with van der Waals surface area (Å²) in [6.45, 7) is 2.23. The number of allylic oxidation sites excluding steroid dienone is 2. The van der Waals surface area contributed by atoms with Gasteiger partial charge in [0.25, 0.3) is 0 Å². The maximum Gasteiger partial charge on any atom is 0.0571 e. The van der Waals surface area contributed by atoms with Crippen LogP contribution in [-0.4, -0.2) is 13.2 Å². The average molecular weight is 250 g/mol. The largest absolute Gasteiger partial charge is 0.381 e. The second-order valence-electron chi connectivity index (χ2n) is 6.28. The van der Waals surface area contributed by atoms with E-state index in [0.29, 0.717) is 6.10 Å². The third-order valence-electron chi connectivity index (χ3n) is 5.18. The zero-order chi connectivity index (χ0) is 12.8. The molecule has 0 saturated heterocycles. The Morgan fingerprint density at radius 2 is 1.44 bits per heavy atom. The molecule has 0 spiro atoms. The van der Waals surface area contributed by atoms with Crippen molar-refractivity contribution in [1.29, 1.82) is 0 Å². The lowest BCUT2D eigenvalue weighted by Gasteiger charge is -2.37. The summed E-state index contributed by atoms with van der Waals surface area (Å²) < 4.78 is 5.48. The van der Waals surface area contributed by atoms with Gasteiger partial charge in [-0.05, 0) is 75.5 Å². The predicted octanol–water partition coefficient (Wildman–Crippen LogP) is 4.96. The summed E-state index contributed by atoms with van der Waals surface area (Å²) in [4.78, 5) is 0. The van der Waals surface area contributed by atoms with E-state index in [0.717, 1.165) is 17.8 Å². The third-order valence-corrected chi connectivity index (χ3v) is 5.18. The number of rotatable bonds is 4. The van der Waals surface area contributed by atoms with E-state index in [1.54, 1.807) is 0 Å². The Kier molecular flexibility index (Phi) is 5.75. The Balaban J connectivity index is 1.71. The molecule has 2 rings (SSSR count). The fraction of sp³-hybridized carbons (Fsp3) is 0.882. The molecule has 0 N–H and O–H groups in total. The highest BCUT2D eigenvalue weighted by Gasteiger charge is 2.30. The van der Waals surface area contributed by atoms with Crippen LogP contribution in [0.5, 0.6) is 0 Å². The van der Waals surface area contributed by atoms with Crippen molar-refractivity contribution in [3.05, 3.63) is 12.2 Å². The molecule has 18 heavy (non-hydrogen) atoms. The molecule has 0 atom stereocenters. The molecule has 0 radical (unpaired) electrons. The molecule has 0 heterocycles. The molecule has 2 aliphatic carbocycles. The van der Waals surface area contributed by atoms with Crippen molar-refractivity contribution in [1.82, 2.24) is 0 Å². The first-order chi connectivity index (χ1) is 8.83. The average Bonchev–Trinajstić information content (AvgIpc) is 2.46. The monoisotopic (exact) mass is 250 g/mol. The van der Waals surface area contributed by atoms with Crippen LogP contribution in [0.15, 0.2) is 12.2 Å². The lowest BCUT2D eigenvalue weighted by molar-refractivity contribution is 0.0405. The van der Waals surface area contributed by atoms with Crippen LogP contribution in [0, 0.1) is 17.8 Å². The first-order valence-electron chi connectivity index (χ1n) is 8.03. The second kappa shape index (κ2) is 7.33. The minimum absolute atomic E-state index is 0.560. The van der Waals surface area contributed by atoms with Crippen LogP contribution in [0.3, 0.4) is 0 Å². The second-order valence-corrected chi connectivity index (χ2v) is 6.28. The summed E-state index contributed by atoms with van der Waals surface area (Å²) in [6, 6.07) is 0. The van der Waals surface area contributed by atoms with Crippen molar-refractivity contribution in [2.24, 2.45) is 17.8 Å². The Morgan fingerprint density at radius 1 is 0.889 bits per heavy atom. The highest BCUT2D eigenvalue weighted by molar-refractivity contribution is 4.92. The lowest BCUT2D eigenvalue weighted by Crippen LogP contribution is -2.27. The van der Waals surface area contributed by atoms with Gasteiger partial charge < -0.3 is 4.74 Å². The molecule has 0 amide bonds. The molecular formula is C17H30O. The summed E-state index contributed by atoms with van der Waals surface area (Å²) in [7, 11) is 1.87. The van der Waals surface area contributed by atoms with Crippen molar-refractivity contribution < 1.29 is 4.74 Å². The van der Waals surface area contributed by atoms with Crippen LogP contribution in [0.2, 0.25) is 0 Å². The van der Waals surface area contributed by atoms with Crippen molar-refractivity contribution >= 4 is 0 Å².